The maximum atomic E-state index is 11.4. The molecule has 2 aromatic carbocycles. The molecular weight excluding hydrogens is 268 g/mol. The van der Waals surface area contributed by atoms with Crippen LogP contribution < -0.4 is 15.4 Å². The molecule has 0 saturated carbocycles. The lowest BCUT2D eigenvalue weighted by molar-refractivity contribution is 0.234. The molecule has 0 aliphatic rings. The molecule has 2 aromatic rings. The Morgan fingerprint density at radius 3 is 2.52 bits per heavy atom. The van der Waals surface area contributed by atoms with Gasteiger partial charge in [-0.3, -0.25) is 0 Å². The number of benzene rings is 2. The van der Waals surface area contributed by atoms with Crippen molar-refractivity contribution in [1.29, 1.82) is 0 Å². The highest BCUT2D eigenvalue weighted by Gasteiger charge is 2.01. The molecule has 21 heavy (non-hydrogen) atoms. The van der Waals surface area contributed by atoms with Crippen LogP contribution >= 0.6 is 0 Å². The van der Waals surface area contributed by atoms with E-state index in [2.05, 4.69) is 10.6 Å². The summed E-state index contributed by atoms with van der Waals surface area (Å²) in [6, 6.07) is 16.7. The van der Waals surface area contributed by atoms with Gasteiger partial charge in [0.1, 0.15) is 11.5 Å². The molecule has 0 bridgehead atoms. The molecule has 5 heteroatoms. The Balaban J connectivity index is 1.90. The van der Waals surface area contributed by atoms with Crippen LogP contribution in [0, 0.1) is 0 Å². The first-order chi connectivity index (χ1) is 10.3. The van der Waals surface area contributed by atoms with E-state index in [0.29, 0.717) is 6.54 Å². The summed E-state index contributed by atoms with van der Waals surface area (Å²) in [5.41, 5.74) is 0.933. The van der Waals surface area contributed by atoms with Gasteiger partial charge < -0.3 is 20.5 Å². The third kappa shape index (κ3) is 5.16. The van der Waals surface area contributed by atoms with Gasteiger partial charge in [0.05, 0.1) is 6.61 Å². The summed E-state index contributed by atoms with van der Waals surface area (Å²) in [6.45, 7) is 0.556. The van der Waals surface area contributed by atoms with Crippen molar-refractivity contribution in [3.63, 3.8) is 0 Å². The first-order valence-electron chi connectivity index (χ1n) is 6.72. The number of ether oxygens (including phenoxy) is 1. The van der Waals surface area contributed by atoms with Gasteiger partial charge >= 0.3 is 6.03 Å². The molecule has 2 amide bonds. The standard InChI is InChI=1S/C16H18N2O3/c19-10-9-17-16(20)18-12-13-5-4-8-15(11-13)21-14-6-2-1-3-7-14/h1-8,11,19H,9-10,12H2,(H2,17,18,20). The number of carbonyl (C=O) groups is 1. The number of rotatable bonds is 6. The first-order valence-corrected chi connectivity index (χ1v) is 6.72. The zero-order valence-corrected chi connectivity index (χ0v) is 11.6. The van der Waals surface area contributed by atoms with Gasteiger partial charge in [0.25, 0.3) is 0 Å². The predicted octanol–water partition coefficient (Wildman–Crippen LogP) is 2.27. The first kappa shape index (κ1) is 14.9. The second-order valence-electron chi connectivity index (χ2n) is 4.40. The maximum absolute atomic E-state index is 11.4. The molecule has 0 saturated heterocycles. The summed E-state index contributed by atoms with van der Waals surface area (Å²) < 4.78 is 5.73. The van der Waals surface area contributed by atoms with Gasteiger partial charge in [0.2, 0.25) is 0 Å². The van der Waals surface area contributed by atoms with Gasteiger partial charge in [-0.2, -0.15) is 0 Å². The van der Waals surface area contributed by atoms with Crippen LogP contribution in [0.15, 0.2) is 54.6 Å². The van der Waals surface area contributed by atoms with Crippen LogP contribution in [0.3, 0.4) is 0 Å². The molecule has 0 aromatic heterocycles. The lowest BCUT2D eigenvalue weighted by Gasteiger charge is -2.09. The molecule has 0 atom stereocenters. The zero-order valence-electron chi connectivity index (χ0n) is 11.6. The Labute approximate surface area is 123 Å². The van der Waals surface area contributed by atoms with Gasteiger partial charge in [-0.1, -0.05) is 30.3 Å². The molecule has 0 radical (unpaired) electrons. The number of aliphatic hydroxyl groups excluding tert-OH is 1. The second kappa shape index (κ2) is 7.91. The van der Waals surface area contributed by atoms with E-state index in [-0.39, 0.29) is 19.2 Å². The van der Waals surface area contributed by atoms with Crippen molar-refractivity contribution in [3.8, 4) is 11.5 Å². The summed E-state index contributed by atoms with van der Waals surface area (Å²) in [6.07, 6.45) is 0. The number of para-hydroxylation sites is 1. The Bertz CT molecular complexity index is 573. The number of aliphatic hydroxyl groups is 1. The van der Waals surface area contributed by atoms with Crippen LogP contribution in [0.2, 0.25) is 0 Å². The molecule has 0 spiro atoms. The SMILES string of the molecule is O=C(NCCO)NCc1cccc(Oc2ccccc2)c1. The Hall–Kier alpha value is -2.53. The number of amides is 2. The van der Waals surface area contributed by atoms with E-state index in [1.54, 1.807) is 0 Å². The zero-order chi connectivity index (χ0) is 14.9. The number of hydrogen-bond acceptors (Lipinski definition) is 3. The monoisotopic (exact) mass is 286 g/mol. The Morgan fingerprint density at radius 2 is 1.76 bits per heavy atom. The minimum absolute atomic E-state index is 0.0756. The summed E-state index contributed by atoms with van der Waals surface area (Å²) >= 11 is 0. The van der Waals surface area contributed by atoms with E-state index in [9.17, 15) is 4.79 Å². The van der Waals surface area contributed by atoms with Gasteiger partial charge in [0, 0.05) is 13.1 Å². The van der Waals surface area contributed by atoms with Crippen molar-refractivity contribution in [3.05, 3.63) is 60.2 Å². The predicted molar refractivity (Wildman–Crippen MR) is 80.3 cm³/mol. The van der Waals surface area contributed by atoms with Crippen molar-refractivity contribution in [2.24, 2.45) is 0 Å². The highest BCUT2D eigenvalue weighted by Crippen LogP contribution is 2.21. The van der Waals surface area contributed by atoms with E-state index >= 15 is 0 Å². The highest BCUT2D eigenvalue weighted by molar-refractivity contribution is 5.73. The van der Waals surface area contributed by atoms with E-state index in [4.69, 9.17) is 9.84 Å². The minimum Gasteiger partial charge on any atom is -0.457 e. The van der Waals surface area contributed by atoms with Crippen LogP contribution in [0.4, 0.5) is 4.79 Å². The van der Waals surface area contributed by atoms with Crippen molar-refractivity contribution < 1.29 is 14.6 Å². The van der Waals surface area contributed by atoms with Crippen molar-refractivity contribution in [2.45, 2.75) is 6.54 Å². The number of nitrogens with one attached hydrogen (secondary N) is 2. The van der Waals surface area contributed by atoms with Crippen LogP contribution in [-0.2, 0) is 6.54 Å². The van der Waals surface area contributed by atoms with E-state index in [1.165, 1.54) is 0 Å². The largest absolute Gasteiger partial charge is 0.457 e. The van der Waals surface area contributed by atoms with Crippen LogP contribution in [0.1, 0.15) is 5.56 Å². The lowest BCUT2D eigenvalue weighted by atomic mass is 10.2. The maximum Gasteiger partial charge on any atom is 0.315 e. The third-order valence-electron chi connectivity index (χ3n) is 2.73. The molecule has 3 N–H and O–H groups in total. The van der Waals surface area contributed by atoms with Crippen molar-refractivity contribution >= 4 is 6.03 Å². The molecule has 0 aliphatic heterocycles. The molecule has 0 fully saturated rings. The van der Waals surface area contributed by atoms with Crippen molar-refractivity contribution in [2.75, 3.05) is 13.2 Å². The van der Waals surface area contributed by atoms with Crippen molar-refractivity contribution in [1.82, 2.24) is 10.6 Å². The highest BCUT2D eigenvalue weighted by atomic mass is 16.5. The van der Waals surface area contributed by atoms with Crippen LogP contribution in [0.5, 0.6) is 11.5 Å². The third-order valence-corrected chi connectivity index (χ3v) is 2.73. The van der Waals surface area contributed by atoms with Gasteiger partial charge in [-0.05, 0) is 29.8 Å². The fraction of sp³-hybridized carbons (Fsp3) is 0.188. The summed E-state index contributed by atoms with van der Waals surface area (Å²) in [5, 5.41) is 13.9. The average Bonchev–Trinajstić information content (AvgIpc) is 2.52. The number of hydrogen-bond donors (Lipinski definition) is 3. The van der Waals surface area contributed by atoms with Crippen LogP contribution in [0.25, 0.3) is 0 Å². The quantitative estimate of drug-likeness (QED) is 0.763. The fourth-order valence-corrected chi connectivity index (χ4v) is 1.76. The number of urea groups is 1. The lowest BCUT2D eigenvalue weighted by Crippen LogP contribution is -2.36. The molecular formula is C16H18N2O3. The topological polar surface area (TPSA) is 70.6 Å². The fourth-order valence-electron chi connectivity index (χ4n) is 1.76. The summed E-state index contributed by atoms with van der Waals surface area (Å²) in [5.74, 6) is 1.49. The van der Waals surface area contributed by atoms with Gasteiger partial charge in [0.15, 0.2) is 0 Å². The average molecular weight is 286 g/mol. The normalized spacial score (nSPS) is 9.95. The molecule has 0 heterocycles. The van der Waals surface area contributed by atoms with Gasteiger partial charge in [-0.25, -0.2) is 4.79 Å². The summed E-state index contributed by atoms with van der Waals surface area (Å²) in [4.78, 5) is 11.4. The molecule has 5 nitrogen and oxygen atoms in total. The Morgan fingerprint density at radius 1 is 1.00 bits per heavy atom. The van der Waals surface area contributed by atoms with Gasteiger partial charge in [-0.15, -0.1) is 0 Å². The Kier molecular flexibility index (Phi) is 5.60. The molecule has 0 unspecified atom stereocenters. The van der Waals surface area contributed by atoms with E-state index in [0.717, 1.165) is 17.1 Å². The second-order valence-corrected chi connectivity index (χ2v) is 4.40. The molecule has 2 rings (SSSR count). The number of carbonyl (C=O) groups excluding carboxylic acids is 1. The van der Waals surface area contributed by atoms with E-state index in [1.807, 2.05) is 54.6 Å². The van der Waals surface area contributed by atoms with E-state index < -0.39 is 0 Å². The van der Waals surface area contributed by atoms with Crippen LogP contribution in [-0.4, -0.2) is 24.3 Å². The minimum atomic E-state index is -0.307. The summed E-state index contributed by atoms with van der Waals surface area (Å²) in [7, 11) is 0. The smallest absolute Gasteiger partial charge is 0.315 e. The molecule has 110 valence electrons. The molecule has 0 aliphatic carbocycles.